The van der Waals surface area contributed by atoms with E-state index in [1.54, 1.807) is 0 Å². The quantitative estimate of drug-likeness (QED) is 0.789. The molecule has 0 aromatic heterocycles. The molecule has 0 aliphatic heterocycles. The molecule has 6 heteroatoms. The van der Waals surface area contributed by atoms with Gasteiger partial charge in [-0.05, 0) is 24.7 Å². The van der Waals surface area contributed by atoms with Crippen molar-refractivity contribution in [3.05, 3.63) is 35.1 Å². The minimum absolute atomic E-state index is 0.168. The van der Waals surface area contributed by atoms with Gasteiger partial charge in [0, 0.05) is 0 Å². The number of nitrogens with one attached hydrogen (secondary N) is 1. The van der Waals surface area contributed by atoms with E-state index in [1.807, 2.05) is 0 Å². The van der Waals surface area contributed by atoms with Crippen LogP contribution in [0.4, 0.5) is 17.6 Å². The fraction of sp³-hybridized carbons (Fsp3) is 0.400. The fourth-order valence-corrected chi connectivity index (χ4v) is 1.42. The Labute approximate surface area is 89.9 Å². The molecule has 2 nitrogen and oxygen atoms in total. The van der Waals surface area contributed by atoms with Gasteiger partial charge in [-0.15, -0.1) is 0 Å². The Hall–Kier alpha value is -1.14. The third-order valence-corrected chi connectivity index (χ3v) is 2.23. The maximum Gasteiger partial charge on any atom is 0.416 e. The average molecular weight is 237 g/mol. The van der Waals surface area contributed by atoms with Gasteiger partial charge in [0.05, 0.1) is 18.2 Å². The zero-order chi connectivity index (χ0) is 12.3. The van der Waals surface area contributed by atoms with Gasteiger partial charge in [0.25, 0.3) is 0 Å². The van der Waals surface area contributed by atoms with Crippen LogP contribution in [0.2, 0.25) is 0 Å². The summed E-state index contributed by atoms with van der Waals surface area (Å²) in [4.78, 5) is 0. The van der Waals surface area contributed by atoms with Gasteiger partial charge >= 0.3 is 6.18 Å². The summed E-state index contributed by atoms with van der Waals surface area (Å²) in [7, 11) is 1.42. The van der Waals surface area contributed by atoms with Gasteiger partial charge < -0.3 is 10.4 Å². The Kier molecular flexibility index (Phi) is 3.88. The molecule has 0 aliphatic rings. The van der Waals surface area contributed by atoms with E-state index in [-0.39, 0.29) is 5.56 Å². The van der Waals surface area contributed by atoms with E-state index >= 15 is 0 Å². The summed E-state index contributed by atoms with van der Waals surface area (Å²) < 4.78 is 50.5. The second-order valence-corrected chi connectivity index (χ2v) is 3.25. The van der Waals surface area contributed by atoms with Crippen molar-refractivity contribution in [2.45, 2.75) is 12.2 Å². The van der Waals surface area contributed by atoms with Crippen molar-refractivity contribution in [2.75, 3.05) is 13.7 Å². The van der Waals surface area contributed by atoms with Crippen LogP contribution >= 0.6 is 0 Å². The molecular formula is C10H11F4NO. The summed E-state index contributed by atoms with van der Waals surface area (Å²) in [5.41, 5.74) is -1.24. The highest BCUT2D eigenvalue weighted by molar-refractivity contribution is 5.33. The van der Waals surface area contributed by atoms with Gasteiger partial charge in [0.2, 0.25) is 0 Å². The average Bonchev–Trinajstić information content (AvgIpc) is 2.20. The largest absolute Gasteiger partial charge is 0.416 e. The van der Waals surface area contributed by atoms with Gasteiger partial charge in [0.1, 0.15) is 5.82 Å². The molecule has 1 atom stereocenters. The number of hydrogen-bond acceptors (Lipinski definition) is 2. The smallest absolute Gasteiger partial charge is 0.394 e. The second-order valence-electron chi connectivity index (χ2n) is 3.25. The van der Waals surface area contributed by atoms with E-state index < -0.39 is 30.2 Å². The Balaban J connectivity index is 3.27. The summed E-state index contributed by atoms with van der Waals surface area (Å²) >= 11 is 0. The Morgan fingerprint density at radius 3 is 2.44 bits per heavy atom. The van der Waals surface area contributed by atoms with Crippen LogP contribution < -0.4 is 5.32 Å². The molecule has 0 fully saturated rings. The predicted octanol–water partition coefficient (Wildman–Crippen LogP) is 2.10. The van der Waals surface area contributed by atoms with Gasteiger partial charge in [-0.3, -0.25) is 0 Å². The van der Waals surface area contributed by atoms with Gasteiger partial charge in [0.15, 0.2) is 0 Å². The highest BCUT2D eigenvalue weighted by Gasteiger charge is 2.35. The van der Waals surface area contributed by atoms with E-state index in [2.05, 4.69) is 5.32 Å². The van der Waals surface area contributed by atoms with E-state index in [0.717, 1.165) is 12.1 Å². The standard InChI is InChI=1S/C10H11F4NO/c1-15-9(5-16)7-3-2-6(11)4-8(7)10(12,13)14/h2-4,9,15-16H,5H2,1H3/t9-/m1/s1. The summed E-state index contributed by atoms with van der Waals surface area (Å²) in [6.07, 6.45) is -4.64. The van der Waals surface area contributed by atoms with Crippen LogP contribution in [0.15, 0.2) is 18.2 Å². The number of rotatable bonds is 3. The van der Waals surface area contributed by atoms with E-state index in [9.17, 15) is 17.6 Å². The van der Waals surface area contributed by atoms with Crippen molar-refractivity contribution < 1.29 is 22.7 Å². The van der Waals surface area contributed by atoms with E-state index in [4.69, 9.17) is 5.11 Å². The Morgan fingerprint density at radius 2 is 2.00 bits per heavy atom. The van der Waals surface area contributed by atoms with Crippen LogP contribution in [0, 0.1) is 5.82 Å². The van der Waals surface area contributed by atoms with E-state index in [0.29, 0.717) is 6.07 Å². The van der Waals surface area contributed by atoms with Crippen molar-refractivity contribution >= 4 is 0 Å². The maximum absolute atomic E-state index is 12.8. The molecule has 0 heterocycles. The molecule has 1 aromatic carbocycles. The first-order valence-electron chi connectivity index (χ1n) is 4.55. The number of aliphatic hydroxyl groups is 1. The number of alkyl halides is 3. The summed E-state index contributed by atoms with van der Waals surface area (Å²) in [5.74, 6) is -0.955. The minimum atomic E-state index is -4.64. The molecule has 0 amide bonds. The first-order valence-corrected chi connectivity index (χ1v) is 4.55. The molecular weight excluding hydrogens is 226 g/mol. The first-order chi connectivity index (χ1) is 7.40. The van der Waals surface area contributed by atoms with Crippen LogP contribution in [-0.4, -0.2) is 18.8 Å². The maximum atomic E-state index is 12.8. The fourth-order valence-electron chi connectivity index (χ4n) is 1.42. The predicted molar refractivity (Wildman–Crippen MR) is 50.3 cm³/mol. The Morgan fingerprint density at radius 1 is 1.38 bits per heavy atom. The summed E-state index contributed by atoms with van der Waals surface area (Å²) in [5, 5.41) is 11.4. The van der Waals surface area contributed by atoms with Crippen molar-refractivity contribution in [3.63, 3.8) is 0 Å². The third kappa shape index (κ3) is 2.70. The number of halogens is 4. The van der Waals surface area contributed by atoms with Crippen LogP contribution in [-0.2, 0) is 6.18 Å². The van der Waals surface area contributed by atoms with Crippen molar-refractivity contribution in [1.29, 1.82) is 0 Å². The number of aliphatic hydroxyl groups excluding tert-OH is 1. The van der Waals surface area contributed by atoms with Gasteiger partial charge in [-0.25, -0.2) is 4.39 Å². The van der Waals surface area contributed by atoms with Gasteiger partial charge in [-0.2, -0.15) is 13.2 Å². The Bertz CT molecular complexity index is 360. The highest BCUT2D eigenvalue weighted by atomic mass is 19.4. The van der Waals surface area contributed by atoms with Crippen LogP contribution in [0.5, 0.6) is 0 Å². The van der Waals surface area contributed by atoms with Crippen LogP contribution in [0.3, 0.4) is 0 Å². The summed E-state index contributed by atoms with van der Waals surface area (Å²) in [6, 6.07) is 1.52. The number of benzene rings is 1. The summed E-state index contributed by atoms with van der Waals surface area (Å²) in [6.45, 7) is -0.495. The van der Waals surface area contributed by atoms with E-state index in [1.165, 1.54) is 7.05 Å². The number of likely N-dealkylation sites (N-methyl/N-ethyl adjacent to an activating group) is 1. The zero-order valence-corrected chi connectivity index (χ0v) is 8.48. The van der Waals surface area contributed by atoms with Crippen molar-refractivity contribution in [1.82, 2.24) is 5.32 Å². The monoisotopic (exact) mass is 237 g/mol. The second kappa shape index (κ2) is 4.80. The van der Waals surface area contributed by atoms with Crippen molar-refractivity contribution in [3.8, 4) is 0 Å². The van der Waals surface area contributed by atoms with Crippen LogP contribution in [0.1, 0.15) is 17.2 Å². The first kappa shape index (κ1) is 12.9. The zero-order valence-electron chi connectivity index (χ0n) is 8.48. The molecule has 1 aromatic rings. The lowest BCUT2D eigenvalue weighted by atomic mass is 10.0. The SMILES string of the molecule is CN[C@H](CO)c1ccc(F)cc1C(F)(F)F. The molecule has 0 bridgehead atoms. The molecule has 16 heavy (non-hydrogen) atoms. The van der Waals surface area contributed by atoms with Crippen molar-refractivity contribution in [2.24, 2.45) is 0 Å². The molecule has 0 unspecified atom stereocenters. The lowest BCUT2D eigenvalue weighted by Crippen LogP contribution is -2.23. The molecule has 0 saturated carbocycles. The lowest BCUT2D eigenvalue weighted by molar-refractivity contribution is -0.138. The minimum Gasteiger partial charge on any atom is -0.394 e. The molecule has 1 rings (SSSR count). The molecule has 0 radical (unpaired) electrons. The number of hydrogen-bond donors (Lipinski definition) is 2. The molecule has 2 N–H and O–H groups in total. The molecule has 0 aliphatic carbocycles. The molecule has 90 valence electrons. The van der Waals surface area contributed by atoms with Crippen LogP contribution in [0.25, 0.3) is 0 Å². The highest BCUT2D eigenvalue weighted by Crippen LogP contribution is 2.34. The molecule has 0 spiro atoms. The third-order valence-electron chi connectivity index (χ3n) is 2.23. The molecule has 0 saturated heterocycles. The normalized spacial score (nSPS) is 13.9. The lowest BCUT2D eigenvalue weighted by Gasteiger charge is -2.19. The van der Waals surface area contributed by atoms with Gasteiger partial charge in [-0.1, -0.05) is 6.07 Å². The topological polar surface area (TPSA) is 32.3 Å².